The first kappa shape index (κ1) is 14.0. The molecule has 0 aliphatic carbocycles. The van der Waals surface area contributed by atoms with Gasteiger partial charge >= 0.3 is 0 Å². The van der Waals surface area contributed by atoms with Crippen LogP contribution in [-0.4, -0.2) is 20.1 Å². The van der Waals surface area contributed by atoms with Crippen molar-refractivity contribution in [2.45, 2.75) is 33.7 Å². The van der Waals surface area contributed by atoms with E-state index in [9.17, 15) is 0 Å². The smallest absolute Gasteiger partial charge is 0.0409 e. The van der Waals surface area contributed by atoms with Crippen molar-refractivity contribution in [3.63, 3.8) is 0 Å². The lowest BCUT2D eigenvalue weighted by atomic mass is 10.1. The van der Waals surface area contributed by atoms with Crippen LogP contribution in [0.15, 0.2) is 24.3 Å². The van der Waals surface area contributed by atoms with Crippen LogP contribution >= 0.6 is 0 Å². The van der Waals surface area contributed by atoms with Gasteiger partial charge in [0.15, 0.2) is 0 Å². The molecule has 17 heavy (non-hydrogen) atoms. The topological polar surface area (TPSA) is 15.3 Å². The number of nitrogens with one attached hydrogen (secondary N) is 1. The second-order valence-electron chi connectivity index (χ2n) is 5.01. The molecule has 0 aliphatic heterocycles. The minimum Gasteiger partial charge on any atom is -0.374 e. The highest BCUT2D eigenvalue weighted by atomic mass is 15.1. The van der Waals surface area contributed by atoms with E-state index in [2.05, 4.69) is 62.3 Å². The molecule has 0 saturated carbocycles. The van der Waals surface area contributed by atoms with Crippen LogP contribution in [0.4, 0.5) is 5.69 Å². The fourth-order valence-corrected chi connectivity index (χ4v) is 1.86. The van der Waals surface area contributed by atoms with Crippen molar-refractivity contribution in [1.29, 1.82) is 0 Å². The van der Waals surface area contributed by atoms with Gasteiger partial charge in [-0.15, -0.1) is 0 Å². The van der Waals surface area contributed by atoms with Crippen molar-refractivity contribution in [3.05, 3.63) is 29.8 Å². The van der Waals surface area contributed by atoms with Gasteiger partial charge in [0.1, 0.15) is 0 Å². The van der Waals surface area contributed by atoms with Gasteiger partial charge in [0, 0.05) is 25.8 Å². The number of rotatable bonds is 7. The molecule has 0 unspecified atom stereocenters. The average molecular weight is 234 g/mol. The highest BCUT2D eigenvalue weighted by molar-refractivity contribution is 5.52. The Kier molecular flexibility index (Phi) is 6.06. The highest BCUT2D eigenvalue weighted by Gasteiger charge is 2.06. The Morgan fingerprint density at radius 3 is 2.59 bits per heavy atom. The van der Waals surface area contributed by atoms with Crippen LogP contribution < -0.4 is 10.2 Å². The molecular weight excluding hydrogens is 208 g/mol. The predicted octanol–water partition coefficient (Wildman–Crippen LogP) is 3.28. The third kappa shape index (κ3) is 4.78. The Hall–Kier alpha value is -1.02. The zero-order chi connectivity index (χ0) is 12.7. The summed E-state index contributed by atoms with van der Waals surface area (Å²) in [6.45, 7) is 9.80. The Morgan fingerprint density at radius 1 is 1.24 bits per heavy atom. The van der Waals surface area contributed by atoms with Crippen molar-refractivity contribution in [1.82, 2.24) is 5.32 Å². The maximum absolute atomic E-state index is 3.40. The van der Waals surface area contributed by atoms with E-state index in [1.54, 1.807) is 0 Å². The van der Waals surface area contributed by atoms with E-state index in [1.807, 2.05) is 0 Å². The molecule has 0 amide bonds. The minimum absolute atomic E-state index is 0.762. The van der Waals surface area contributed by atoms with E-state index in [0.717, 1.165) is 25.6 Å². The maximum atomic E-state index is 3.40. The second-order valence-corrected chi connectivity index (χ2v) is 5.01. The van der Waals surface area contributed by atoms with Gasteiger partial charge in [0.05, 0.1) is 0 Å². The molecule has 1 aromatic carbocycles. The molecule has 1 N–H and O–H groups in total. The highest BCUT2D eigenvalue weighted by Crippen LogP contribution is 2.19. The van der Waals surface area contributed by atoms with Crippen molar-refractivity contribution in [3.8, 4) is 0 Å². The SMILES string of the molecule is CCNCc1ccccc1N(C)CCC(C)C. The first-order valence-corrected chi connectivity index (χ1v) is 6.65. The number of hydrogen-bond donors (Lipinski definition) is 1. The minimum atomic E-state index is 0.762. The number of para-hydroxylation sites is 1. The molecule has 0 fully saturated rings. The molecule has 0 heterocycles. The number of anilines is 1. The molecule has 0 atom stereocenters. The quantitative estimate of drug-likeness (QED) is 0.779. The lowest BCUT2D eigenvalue weighted by Crippen LogP contribution is -2.22. The van der Waals surface area contributed by atoms with Gasteiger partial charge in [-0.3, -0.25) is 0 Å². The van der Waals surface area contributed by atoms with Crippen LogP contribution in [0.25, 0.3) is 0 Å². The molecule has 0 radical (unpaired) electrons. The Morgan fingerprint density at radius 2 is 1.94 bits per heavy atom. The average Bonchev–Trinajstić information content (AvgIpc) is 2.33. The van der Waals surface area contributed by atoms with Gasteiger partial charge in [0.25, 0.3) is 0 Å². The molecule has 2 nitrogen and oxygen atoms in total. The van der Waals surface area contributed by atoms with Gasteiger partial charge in [-0.25, -0.2) is 0 Å². The molecular formula is C15H26N2. The van der Waals surface area contributed by atoms with Crippen LogP contribution in [0.5, 0.6) is 0 Å². The van der Waals surface area contributed by atoms with Gasteiger partial charge in [-0.05, 0) is 30.5 Å². The summed E-state index contributed by atoms with van der Waals surface area (Å²) in [6.07, 6.45) is 1.24. The van der Waals surface area contributed by atoms with Crippen LogP contribution in [0.3, 0.4) is 0 Å². The molecule has 0 aliphatic rings. The summed E-state index contributed by atoms with van der Waals surface area (Å²) in [6, 6.07) is 8.67. The first-order chi connectivity index (χ1) is 8.15. The largest absolute Gasteiger partial charge is 0.374 e. The Balaban J connectivity index is 2.67. The van der Waals surface area contributed by atoms with Crippen LogP contribution in [0.1, 0.15) is 32.8 Å². The number of nitrogens with zero attached hydrogens (tertiary/aromatic N) is 1. The lowest BCUT2D eigenvalue weighted by Gasteiger charge is -2.23. The molecule has 0 aromatic heterocycles. The summed E-state index contributed by atoms with van der Waals surface area (Å²) in [5.74, 6) is 0.762. The van der Waals surface area contributed by atoms with Crippen molar-refractivity contribution < 1.29 is 0 Å². The molecule has 96 valence electrons. The molecule has 0 saturated heterocycles. The van der Waals surface area contributed by atoms with Gasteiger partial charge in [-0.2, -0.15) is 0 Å². The zero-order valence-electron chi connectivity index (χ0n) is 11.7. The molecule has 1 rings (SSSR count). The zero-order valence-corrected chi connectivity index (χ0v) is 11.7. The van der Waals surface area contributed by atoms with Gasteiger partial charge in [0.2, 0.25) is 0 Å². The number of benzene rings is 1. The molecule has 1 aromatic rings. The number of hydrogen-bond acceptors (Lipinski definition) is 2. The summed E-state index contributed by atoms with van der Waals surface area (Å²) in [7, 11) is 2.19. The summed E-state index contributed by atoms with van der Waals surface area (Å²) in [4.78, 5) is 2.37. The summed E-state index contributed by atoms with van der Waals surface area (Å²) >= 11 is 0. The van der Waals surface area contributed by atoms with Crippen LogP contribution in [0.2, 0.25) is 0 Å². The lowest BCUT2D eigenvalue weighted by molar-refractivity contribution is 0.584. The molecule has 0 spiro atoms. The maximum Gasteiger partial charge on any atom is 0.0409 e. The van der Waals surface area contributed by atoms with Crippen molar-refractivity contribution in [2.75, 3.05) is 25.0 Å². The summed E-state index contributed by atoms with van der Waals surface area (Å²) < 4.78 is 0. The fourth-order valence-electron chi connectivity index (χ4n) is 1.86. The van der Waals surface area contributed by atoms with Crippen molar-refractivity contribution in [2.24, 2.45) is 5.92 Å². The summed E-state index contributed by atoms with van der Waals surface area (Å²) in [5.41, 5.74) is 2.75. The van der Waals surface area contributed by atoms with E-state index in [1.165, 1.54) is 17.7 Å². The molecule has 0 bridgehead atoms. The predicted molar refractivity (Wildman–Crippen MR) is 76.5 cm³/mol. The van der Waals surface area contributed by atoms with E-state index in [-0.39, 0.29) is 0 Å². The summed E-state index contributed by atoms with van der Waals surface area (Å²) in [5, 5.41) is 3.40. The van der Waals surface area contributed by atoms with Crippen molar-refractivity contribution >= 4 is 5.69 Å². The first-order valence-electron chi connectivity index (χ1n) is 6.65. The second kappa shape index (κ2) is 7.33. The normalized spacial score (nSPS) is 10.9. The van der Waals surface area contributed by atoms with E-state index < -0.39 is 0 Å². The monoisotopic (exact) mass is 234 g/mol. The van der Waals surface area contributed by atoms with Gasteiger partial charge in [-0.1, -0.05) is 39.0 Å². The van der Waals surface area contributed by atoms with E-state index in [0.29, 0.717) is 0 Å². The third-order valence-electron chi connectivity index (χ3n) is 3.01. The van der Waals surface area contributed by atoms with E-state index >= 15 is 0 Å². The fraction of sp³-hybridized carbons (Fsp3) is 0.600. The Bertz CT molecular complexity index is 320. The Labute approximate surface area is 106 Å². The standard InChI is InChI=1S/C15H26N2/c1-5-16-12-14-8-6-7-9-15(14)17(4)11-10-13(2)3/h6-9,13,16H,5,10-12H2,1-4H3. The van der Waals surface area contributed by atoms with Crippen LogP contribution in [-0.2, 0) is 6.54 Å². The third-order valence-corrected chi connectivity index (χ3v) is 3.01. The van der Waals surface area contributed by atoms with E-state index in [4.69, 9.17) is 0 Å². The molecule has 2 heteroatoms. The van der Waals surface area contributed by atoms with Crippen LogP contribution in [0, 0.1) is 5.92 Å². The van der Waals surface area contributed by atoms with Gasteiger partial charge < -0.3 is 10.2 Å².